The Labute approximate surface area is 108 Å². The van der Waals surface area contributed by atoms with Gasteiger partial charge in [-0.3, -0.25) is 0 Å². The minimum atomic E-state index is -0.625. The molecule has 0 saturated carbocycles. The molecule has 0 atom stereocenters. The third kappa shape index (κ3) is 3.12. The summed E-state index contributed by atoms with van der Waals surface area (Å²) >= 11 is 0. The van der Waals surface area contributed by atoms with Gasteiger partial charge in [-0.05, 0) is 29.0 Å². The summed E-state index contributed by atoms with van der Waals surface area (Å²) in [4.78, 5) is 21.5. The van der Waals surface area contributed by atoms with E-state index in [4.69, 9.17) is 9.47 Å². The minimum absolute atomic E-state index is 0.00801. The van der Waals surface area contributed by atoms with Crippen LogP contribution in [0.25, 0.3) is 0 Å². The molecule has 0 radical (unpaired) electrons. The molecule has 0 saturated heterocycles. The number of ether oxygens (including phenoxy) is 2. The van der Waals surface area contributed by atoms with Crippen LogP contribution < -0.4 is 9.47 Å². The topological polar surface area (TPSA) is 100 Å². The van der Waals surface area contributed by atoms with Crippen molar-refractivity contribution < 1.29 is 14.4 Å². The van der Waals surface area contributed by atoms with Crippen molar-refractivity contribution in [2.45, 2.75) is 6.92 Å². The number of pyridine rings is 1. The predicted octanol–water partition coefficient (Wildman–Crippen LogP) is 1.97. The van der Waals surface area contributed by atoms with Crippen LogP contribution in [0.4, 0.5) is 5.82 Å². The van der Waals surface area contributed by atoms with Crippen LogP contribution >= 0.6 is 0 Å². The van der Waals surface area contributed by atoms with E-state index in [1.807, 2.05) is 6.92 Å². The second kappa shape index (κ2) is 5.71. The Morgan fingerprint density at radius 2 is 2.11 bits per heavy atom. The third-order valence-electron chi connectivity index (χ3n) is 2.05. The van der Waals surface area contributed by atoms with Crippen molar-refractivity contribution >= 4 is 5.82 Å². The second-order valence-electron chi connectivity index (χ2n) is 3.31. The van der Waals surface area contributed by atoms with E-state index in [0.29, 0.717) is 12.5 Å². The molecule has 0 aliphatic rings. The summed E-state index contributed by atoms with van der Waals surface area (Å²) in [6.07, 6.45) is 2.57. The van der Waals surface area contributed by atoms with Gasteiger partial charge >= 0.3 is 5.82 Å². The molecule has 8 heteroatoms. The van der Waals surface area contributed by atoms with Crippen molar-refractivity contribution in [2.75, 3.05) is 6.61 Å². The maximum absolute atomic E-state index is 10.8. The monoisotopic (exact) mass is 262 g/mol. The first-order valence-electron chi connectivity index (χ1n) is 5.43. The van der Waals surface area contributed by atoms with Gasteiger partial charge in [0.2, 0.25) is 17.5 Å². The summed E-state index contributed by atoms with van der Waals surface area (Å²) in [6.45, 7) is 2.26. The average molecular weight is 262 g/mol. The molecule has 19 heavy (non-hydrogen) atoms. The first-order valence-corrected chi connectivity index (χ1v) is 5.43. The SMILES string of the molecule is CCOc1cc(Oc2cccnc2[N+](=O)[O-])ncn1. The molecule has 2 heterocycles. The lowest BCUT2D eigenvalue weighted by atomic mass is 10.4. The van der Waals surface area contributed by atoms with E-state index in [2.05, 4.69) is 15.0 Å². The Balaban J connectivity index is 2.26. The lowest BCUT2D eigenvalue weighted by molar-refractivity contribution is -0.390. The zero-order chi connectivity index (χ0) is 13.7. The van der Waals surface area contributed by atoms with Gasteiger partial charge in [-0.25, -0.2) is 9.97 Å². The molecule has 2 rings (SSSR count). The highest BCUT2D eigenvalue weighted by atomic mass is 16.6. The molecule has 0 aliphatic carbocycles. The zero-order valence-corrected chi connectivity index (χ0v) is 10.0. The Morgan fingerprint density at radius 1 is 1.32 bits per heavy atom. The van der Waals surface area contributed by atoms with Crippen molar-refractivity contribution in [3.8, 4) is 17.5 Å². The molecule has 0 spiro atoms. The maximum Gasteiger partial charge on any atom is 0.406 e. The molecule has 8 nitrogen and oxygen atoms in total. The number of hydrogen-bond acceptors (Lipinski definition) is 7. The molecule has 0 aromatic carbocycles. The van der Waals surface area contributed by atoms with E-state index >= 15 is 0 Å². The van der Waals surface area contributed by atoms with E-state index in [-0.39, 0.29) is 17.4 Å². The van der Waals surface area contributed by atoms with E-state index in [1.54, 1.807) is 0 Å². The summed E-state index contributed by atoms with van der Waals surface area (Å²) in [7, 11) is 0. The standard InChI is InChI=1S/C11H10N4O4/c1-2-18-9-6-10(14-7-13-9)19-8-4-3-5-12-11(8)15(16)17/h3-7H,2H2,1H3. The lowest BCUT2D eigenvalue weighted by Crippen LogP contribution is -1.98. The molecule has 0 N–H and O–H groups in total. The van der Waals surface area contributed by atoms with Crippen LogP contribution in [0.15, 0.2) is 30.7 Å². The van der Waals surface area contributed by atoms with Crippen LogP contribution in [0.5, 0.6) is 17.5 Å². The Hall–Kier alpha value is -2.77. The van der Waals surface area contributed by atoms with E-state index < -0.39 is 4.92 Å². The number of hydrogen-bond donors (Lipinski definition) is 0. The Morgan fingerprint density at radius 3 is 2.84 bits per heavy atom. The quantitative estimate of drug-likeness (QED) is 0.599. The molecule has 0 fully saturated rings. The summed E-state index contributed by atoms with van der Waals surface area (Å²) in [6, 6.07) is 4.42. The smallest absolute Gasteiger partial charge is 0.406 e. The number of rotatable bonds is 5. The van der Waals surface area contributed by atoms with E-state index in [0.717, 1.165) is 0 Å². The molecule has 0 aliphatic heterocycles. The van der Waals surface area contributed by atoms with Gasteiger partial charge in [-0.2, -0.15) is 0 Å². The van der Waals surface area contributed by atoms with Crippen LogP contribution in [0.1, 0.15) is 6.92 Å². The van der Waals surface area contributed by atoms with Crippen LogP contribution in [-0.4, -0.2) is 26.5 Å². The third-order valence-corrected chi connectivity index (χ3v) is 2.05. The van der Waals surface area contributed by atoms with Gasteiger partial charge in [0.15, 0.2) is 0 Å². The minimum Gasteiger partial charge on any atom is -0.478 e. The van der Waals surface area contributed by atoms with Crippen molar-refractivity contribution in [3.63, 3.8) is 0 Å². The molecule has 2 aromatic rings. The molecule has 98 valence electrons. The Kier molecular flexibility index (Phi) is 3.81. The van der Waals surface area contributed by atoms with E-state index in [1.165, 1.54) is 30.7 Å². The largest absolute Gasteiger partial charge is 0.478 e. The van der Waals surface area contributed by atoms with Crippen molar-refractivity contribution in [1.29, 1.82) is 0 Å². The van der Waals surface area contributed by atoms with E-state index in [9.17, 15) is 10.1 Å². The molecular weight excluding hydrogens is 252 g/mol. The zero-order valence-electron chi connectivity index (χ0n) is 10.0. The van der Waals surface area contributed by atoms with Crippen LogP contribution in [0.2, 0.25) is 0 Å². The summed E-state index contributed by atoms with van der Waals surface area (Å²) in [5.74, 6) is 0.112. The van der Waals surface area contributed by atoms with Crippen LogP contribution in [0, 0.1) is 10.1 Å². The first kappa shape index (κ1) is 12.7. The van der Waals surface area contributed by atoms with Gasteiger partial charge in [-0.15, -0.1) is 0 Å². The highest BCUT2D eigenvalue weighted by Crippen LogP contribution is 2.28. The molecule has 0 amide bonds. The van der Waals surface area contributed by atoms with Crippen LogP contribution in [0.3, 0.4) is 0 Å². The number of nitrogens with zero attached hydrogens (tertiary/aromatic N) is 4. The molecule has 2 aromatic heterocycles. The number of nitro groups is 1. The summed E-state index contributed by atoms with van der Waals surface area (Å²) in [5.41, 5.74) is 0. The van der Waals surface area contributed by atoms with Gasteiger partial charge in [0.1, 0.15) is 12.5 Å². The van der Waals surface area contributed by atoms with Gasteiger partial charge < -0.3 is 19.6 Å². The van der Waals surface area contributed by atoms with Crippen molar-refractivity contribution in [2.24, 2.45) is 0 Å². The molecular formula is C11H10N4O4. The van der Waals surface area contributed by atoms with Gasteiger partial charge in [0.05, 0.1) is 12.7 Å². The summed E-state index contributed by atoms with van der Waals surface area (Å²) < 4.78 is 10.5. The number of aromatic nitrogens is 3. The highest BCUT2D eigenvalue weighted by Gasteiger charge is 2.17. The maximum atomic E-state index is 10.8. The predicted molar refractivity (Wildman–Crippen MR) is 64.2 cm³/mol. The fourth-order valence-electron chi connectivity index (χ4n) is 1.32. The fraction of sp³-hybridized carbons (Fsp3) is 0.182. The van der Waals surface area contributed by atoms with Crippen molar-refractivity contribution in [1.82, 2.24) is 15.0 Å². The fourth-order valence-corrected chi connectivity index (χ4v) is 1.32. The molecule has 0 unspecified atom stereocenters. The second-order valence-corrected chi connectivity index (χ2v) is 3.31. The Bertz CT molecular complexity index is 590. The highest BCUT2D eigenvalue weighted by molar-refractivity contribution is 5.41. The van der Waals surface area contributed by atoms with Crippen LogP contribution in [-0.2, 0) is 0 Å². The normalized spacial score (nSPS) is 9.95. The molecule has 0 bridgehead atoms. The average Bonchev–Trinajstić information content (AvgIpc) is 2.40. The summed E-state index contributed by atoms with van der Waals surface area (Å²) in [5, 5.41) is 10.8. The lowest BCUT2D eigenvalue weighted by Gasteiger charge is -2.06. The van der Waals surface area contributed by atoms with Gasteiger partial charge in [-0.1, -0.05) is 0 Å². The van der Waals surface area contributed by atoms with Gasteiger partial charge in [0.25, 0.3) is 0 Å². The van der Waals surface area contributed by atoms with Crippen molar-refractivity contribution in [3.05, 3.63) is 40.8 Å². The van der Waals surface area contributed by atoms with Gasteiger partial charge in [0, 0.05) is 0 Å². The first-order chi connectivity index (χ1) is 9.20.